The number of nitrogens with zero attached hydrogens (tertiary/aromatic N) is 2. The summed E-state index contributed by atoms with van der Waals surface area (Å²) in [4.78, 5) is 17.1. The Morgan fingerprint density at radius 1 is 1.04 bits per heavy atom. The Morgan fingerprint density at radius 2 is 1.60 bits per heavy atom. The lowest BCUT2D eigenvalue weighted by atomic mass is 9.69. The molecule has 140 valence electrons. The van der Waals surface area contributed by atoms with Gasteiger partial charge in [0.05, 0.1) is 0 Å². The Kier molecular flexibility index (Phi) is 6.92. The van der Waals surface area contributed by atoms with Crippen molar-refractivity contribution in [2.75, 3.05) is 31.1 Å². The van der Waals surface area contributed by atoms with Gasteiger partial charge in [0.15, 0.2) is 0 Å². The number of carbonyl (C=O) groups is 1. The normalized spacial score (nSPS) is 19.1. The van der Waals surface area contributed by atoms with E-state index in [-0.39, 0.29) is 5.41 Å². The van der Waals surface area contributed by atoms with Crippen molar-refractivity contribution < 1.29 is 4.79 Å². The van der Waals surface area contributed by atoms with Crippen LogP contribution < -0.4 is 4.90 Å². The van der Waals surface area contributed by atoms with Gasteiger partial charge < -0.3 is 9.80 Å². The fourth-order valence-corrected chi connectivity index (χ4v) is 3.78. The first kappa shape index (κ1) is 19.8. The third-order valence-corrected chi connectivity index (χ3v) is 5.49. The maximum atomic E-state index is 12.6. The van der Waals surface area contributed by atoms with Crippen LogP contribution in [0.5, 0.6) is 0 Å². The van der Waals surface area contributed by atoms with Crippen molar-refractivity contribution in [2.45, 2.75) is 60.3 Å². The van der Waals surface area contributed by atoms with E-state index in [4.69, 9.17) is 0 Å². The van der Waals surface area contributed by atoms with Crippen LogP contribution in [-0.2, 0) is 11.2 Å². The highest BCUT2D eigenvalue weighted by Crippen LogP contribution is 2.42. The summed E-state index contributed by atoms with van der Waals surface area (Å²) < 4.78 is 0. The lowest BCUT2D eigenvalue weighted by molar-refractivity contribution is -0.146. The second-order valence-corrected chi connectivity index (χ2v) is 7.96. The zero-order valence-electron chi connectivity index (χ0n) is 16.8. The Hall–Kier alpha value is -1.51. The van der Waals surface area contributed by atoms with Gasteiger partial charge in [-0.3, -0.25) is 4.79 Å². The quantitative estimate of drug-likeness (QED) is 0.787. The van der Waals surface area contributed by atoms with Crippen LogP contribution in [-0.4, -0.2) is 37.0 Å². The van der Waals surface area contributed by atoms with Gasteiger partial charge in [0.25, 0.3) is 0 Å². The molecule has 1 saturated carbocycles. The topological polar surface area (TPSA) is 23.6 Å². The van der Waals surface area contributed by atoms with Crippen LogP contribution in [0.3, 0.4) is 0 Å². The molecular formula is C22H36N2O. The van der Waals surface area contributed by atoms with Crippen LogP contribution in [0.1, 0.15) is 59.4 Å². The Morgan fingerprint density at radius 3 is 2.04 bits per heavy atom. The second-order valence-electron chi connectivity index (χ2n) is 7.96. The maximum absolute atomic E-state index is 12.6. The molecule has 0 radical (unpaired) electrons. The number of hydrogen-bond donors (Lipinski definition) is 0. The van der Waals surface area contributed by atoms with E-state index < -0.39 is 0 Å². The highest BCUT2D eigenvalue weighted by Gasteiger charge is 2.42. The van der Waals surface area contributed by atoms with Gasteiger partial charge in [0, 0.05) is 37.3 Å². The van der Waals surface area contributed by atoms with Crippen molar-refractivity contribution in [3.63, 3.8) is 0 Å². The van der Waals surface area contributed by atoms with Crippen LogP contribution in [0.15, 0.2) is 24.3 Å². The molecule has 25 heavy (non-hydrogen) atoms. The van der Waals surface area contributed by atoms with E-state index >= 15 is 0 Å². The van der Waals surface area contributed by atoms with E-state index in [0.29, 0.717) is 11.8 Å². The molecule has 0 N–H and O–H groups in total. The molecule has 1 aromatic carbocycles. The van der Waals surface area contributed by atoms with Gasteiger partial charge in [0.1, 0.15) is 0 Å². The van der Waals surface area contributed by atoms with Crippen molar-refractivity contribution in [3.8, 4) is 0 Å². The molecule has 0 unspecified atom stereocenters. The first-order valence-electron chi connectivity index (χ1n) is 10.1. The summed E-state index contributed by atoms with van der Waals surface area (Å²) in [5, 5.41) is 0. The van der Waals surface area contributed by atoms with Crippen molar-refractivity contribution in [2.24, 2.45) is 11.3 Å². The molecule has 2 fully saturated rings. The molecule has 3 nitrogen and oxygen atoms in total. The molecule has 0 aromatic heterocycles. The highest BCUT2D eigenvalue weighted by molar-refractivity contribution is 5.83. The fourth-order valence-electron chi connectivity index (χ4n) is 3.78. The third kappa shape index (κ3) is 4.77. The lowest BCUT2D eigenvalue weighted by Gasteiger charge is -2.44. The molecule has 0 spiro atoms. The molecule has 1 aliphatic carbocycles. The molecule has 1 saturated heterocycles. The minimum Gasteiger partial charge on any atom is -0.368 e. The zero-order chi connectivity index (χ0) is 18.4. The number of rotatable bonds is 4. The van der Waals surface area contributed by atoms with Gasteiger partial charge in [-0.1, -0.05) is 53.2 Å². The standard InChI is InChI=1S/C20H30N2O.C2H6/c1-16(2)15-17-5-7-18(8-6-17)21-11-13-22(14-12-21)19(23)20(3)9-4-10-20;1-2/h5-8,16H,4,9-15H2,1-3H3;1-2H3. The van der Waals surface area contributed by atoms with Crippen LogP contribution in [0.25, 0.3) is 0 Å². The third-order valence-electron chi connectivity index (χ3n) is 5.49. The molecule has 1 aromatic rings. The number of piperazine rings is 1. The van der Waals surface area contributed by atoms with E-state index in [1.165, 1.54) is 17.7 Å². The largest absolute Gasteiger partial charge is 0.368 e. The predicted molar refractivity (Wildman–Crippen MR) is 107 cm³/mol. The van der Waals surface area contributed by atoms with E-state index in [9.17, 15) is 4.79 Å². The Labute approximate surface area is 154 Å². The van der Waals surface area contributed by atoms with E-state index in [2.05, 4.69) is 54.8 Å². The first-order valence-corrected chi connectivity index (χ1v) is 10.1. The molecule has 3 rings (SSSR count). The smallest absolute Gasteiger partial charge is 0.228 e. The SMILES string of the molecule is CC.CC(C)Cc1ccc(N2CCN(C(=O)C3(C)CCC3)CC2)cc1. The van der Waals surface area contributed by atoms with Crippen LogP contribution in [0.4, 0.5) is 5.69 Å². The Bertz CT molecular complexity index is 538. The number of amides is 1. The average Bonchev–Trinajstić information content (AvgIpc) is 2.61. The van der Waals surface area contributed by atoms with Crippen molar-refractivity contribution in [1.82, 2.24) is 4.90 Å². The molecule has 1 aliphatic heterocycles. The average molecular weight is 345 g/mol. The van der Waals surface area contributed by atoms with Gasteiger partial charge in [-0.25, -0.2) is 0 Å². The molecule has 3 heteroatoms. The first-order chi connectivity index (χ1) is 12.0. The lowest BCUT2D eigenvalue weighted by Crippen LogP contribution is -2.54. The van der Waals surface area contributed by atoms with Gasteiger partial charge in [0.2, 0.25) is 5.91 Å². The molecule has 2 aliphatic rings. The summed E-state index contributed by atoms with van der Waals surface area (Å²) >= 11 is 0. The zero-order valence-corrected chi connectivity index (χ0v) is 16.8. The maximum Gasteiger partial charge on any atom is 0.228 e. The van der Waals surface area contributed by atoms with E-state index in [1.54, 1.807) is 0 Å². The van der Waals surface area contributed by atoms with E-state index in [0.717, 1.165) is 45.4 Å². The van der Waals surface area contributed by atoms with Crippen LogP contribution in [0, 0.1) is 11.3 Å². The van der Waals surface area contributed by atoms with Crippen molar-refractivity contribution in [1.29, 1.82) is 0 Å². The minimum atomic E-state index is -0.0549. The summed E-state index contributed by atoms with van der Waals surface area (Å²) in [5.41, 5.74) is 2.65. The molecule has 1 heterocycles. The van der Waals surface area contributed by atoms with Crippen molar-refractivity contribution >= 4 is 11.6 Å². The minimum absolute atomic E-state index is 0.0549. The van der Waals surface area contributed by atoms with Crippen LogP contribution in [0.2, 0.25) is 0 Å². The highest BCUT2D eigenvalue weighted by atomic mass is 16.2. The molecule has 0 atom stereocenters. The monoisotopic (exact) mass is 344 g/mol. The van der Waals surface area contributed by atoms with Crippen molar-refractivity contribution in [3.05, 3.63) is 29.8 Å². The number of anilines is 1. The number of benzene rings is 1. The number of carbonyl (C=O) groups excluding carboxylic acids is 1. The van der Waals surface area contributed by atoms with Gasteiger partial charge in [-0.2, -0.15) is 0 Å². The summed E-state index contributed by atoms with van der Waals surface area (Å²) in [5.74, 6) is 1.08. The summed E-state index contributed by atoms with van der Waals surface area (Å²) in [6.07, 6.45) is 4.50. The second kappa shape index (κ2) is 8.73. The van der Waals surface area contributed by atoms with Crippen LogP contribution >= 0.6 is 0 Å². The summed E-state index contributed by atoms with van der Waals surface area (Å²) in [6.45, 7) is 14.3. The van der Waals surface area contributed by atoms with Gasteiger partial charge in [-0.15, -0.1) is 0 Å². The molecule has 0 bridgehead atoms. The number of hydrogen-bond acceptors (Lipinski definition) is 2. The van der Waals surface area contributed by atoms with Gasteiger partial charge in [-0.05, 0) is 42.9 Å². The Balaban J connectivity index is 0.00000109. The predicted octanol–water partition coefficient (Wildman–Crippen LogP) is 4.75. The fraction of sp³-hybridized carbons (Fsp3) is 0.682. The summed E-state index contributed by atoms with van der Waals surface area (Å²) in [7, 11) is 0. The van der Waals surface area contributed by atoms with E-state index in [1.807, 2.05) is 13.8 Å². The molecular weight excluding hydrogens is 308 g/mol. The molecule has 1 amide bonds. The summed E-state index contributed by atoms with van der Waals surface area (Å²) in [6, 6.07) is 8.98. The van der Waals surface area contributed by atoms with Gasteiger partial charge >= 0.3 is 0 Å².